The maximum Gasteiger partial charge on any atom is 0.0940 e. The fraction of sp³-hybridized carbons (Fsp3) is 0.667. The zero-order chi connectivity index (χ0) is 6.41. The Morgan fingerprint density at radius 2 is 2.25 bits per heavy atom. The van der Waals surface area contributed by atoms with Gasteiger partial charge in [0, 0.05) is 0 Å². The van der Waals surface area contributed by atoms with Gasteiger partial charge in [0.2, 0.25) is 0 Å². The molecule has 2 heteroatoms. The molecule has 0 N–H and O–H groups in total. The molecule has 0 bridgehead atoms. The summed E-state index contributed by atoms with van der Waals surface area (Å²) in [6, 6.07) is 0. The maximum atomic E-state index is 5.61. The van der Waals surface area contributed by atoms with Crippen molar-refractivity contribution in [1.29, 1.82) is 0 Å². The topological polar surface area (TPSA) is 0 Å². The highest BCUT2D eigenvalue weighted by molar-refractivity contribution is 6.22. The lowest BCUT2D eigenvalue weighted by Crippen LogP contribution is -1.88. The molecule has 0 saturated heterocycles. The number of halogens is 2. The quantitative estimate of drug-likeness (QED) is 0.398. The highest BCUT2D eigenvalue weighted by Crippen LogP contribution is 1.96. The van der Waals surface area contributed by atoms with E-state index in [0.717, 1.165) is 6.42 Å². The lowest BCUT2D eigenvalue weighted by atomic mass is 10.3. The van der Waals surface area contributed by atoms with Crippen molar-refractivity contribution in [3.8, 4) is 11.8 Å². The van der Waals surface area contributed by atoms with E-state index in [0.29, 0.717) is 5.88 Å². The minimum atomic E-state index is -0.0197. The van der Waals surface area contributed by atoms with Gasteiger partial charge in [-0.15, -0.1) is 23.2 Å². The van der Waals surface area contributed by atoms with Crippen LogP contribution in [0.2, 0.25) is 0 Å². The van der Waals surface area contributed by atoms with Crippen LogP contribution in [0.15, 0.2) is 0 Å². The first-order chi connectivity index (χ1) is 3.81. The third kappa shape index (κ3) is 4.30. The van der Waals surface area contributed by atoms with Crippen molar-refractivity contribution in [3.05, 3.63) is 0 Å². The summed E-state index contributed by atoms with van der Waals surface area (Å²) in [6.07, 6.45) is 0.880. The van der Waals surface area contributed by atoms with Crippen LogP contribution in [0.3, 0.4) is 0 Å². The average Bonchev–Trinajstić information content (AvgIpc) is 1.83. The molecule has 0 heterocycles. The molecule has 1 atom stereocenters. The molecule has 0 fully saturated rings. The van der Waals surface area contributed by atoms with Crippen molar-refractivity contribution >= 4 is 23.2 Å². The number of alkyl halides is 2. The van der Waals surface area contributed by atoms with Gasteiger partial charge in [-0.3, -0.25) is 0 Å². The average molecular weight is 151 g/mol. The zero-order valence-corrected chi connectivity index (χ0v) is 6.26. The van der Waals surface area contributed by atoms with E-state index in [1.807, 2.05) is 6.92 Å². The second-order valence-electron chi connectivity index (χ2n) is 1.33. The standard InChI is InChI=1S/C6H8Cl2/c1-2-6(8)4-3-5-7/h6H,2,5H2,1H3. The lowest BCUT2D eigenvalue weighted by Gasteiger charge is -1.89. The molecule has 0 radical (unpaired) electrons. The Kier molecular flexibility index (Phi) is 5.37. The predicted octanol–water partition coefficient (Wildman–Crippen LogP) is 2.25. The molecule has 0 aliphatic rings. The molecule has 0 spiro atoms. The first-order valence-corrected chi connectivity index (χ1v) is 3.46. The minimum absolute atomic E-state index is 0.0197. The van der Waals surface area contributed by atoms with E-state index in [2.05, 4.69) is 11.8 Å². The van der Waals surface area contributed by atoms with Crippen molar-refractivity contribution in [3.63, 3.8) is 0 Å². The van der Waals surface area contributed by atoms with E-state index in [1.165, 1.54) is 0 Å². The van der Waals surface area contributed by atoms with Crippen LogP contribution in [-0.2, 0) is 0 Å². The first kappa shape index (κ1) is 8.14. The number of hydrogen-bond donors (Lipinski definition) is 0. The molecule has 0 rings (SSSR count). The SMILES string of the molecule is CCC(Cl)C#CCCl. The lowest BCUT2D eigenvalue weighted by molar-refractivity contribution is 0.990. The third-order valence-electron chi connectivity index (χ3n) is 0.684. The molecule has 0 aliphatic heterocycles. The molecular weight excluding hydrogens is 143 g/mol. The number of hydrogen-bond acceptors (Lipinski definition) is 0. The molecular formula is C6H8Cl2. The Bertz CT molecular complexity index is 98.8. The first-order valence-electron chi connectivity index (χ1n) is 2.49. The Morgan fingerprint density at radius 1 is 1.62 bits per heavy atom. The Balaban J connectivity index is 3.35. The van der Waals surface area contributed by atoms with E-state index in [1.54, 1.807) is 0 Å². The van der Waals surface area contributed by atoms with E-state index in [9.17, 15) is 0 Å². The Morgan fingerprint density at radius 3 is 2.62 bits per heavy atom. The van der Waals surface area contributed by atoms with Crippen molar-refractivity contribution in [2.75, 3.05) is 5.88 Å². The smallest absolute Gasteiger partial charge is 0.0940 e. The normalized spacial score (nSPS) is 11.9. The van der Waals surface area contributed by atoms with Gasteiger partial charge in [0.05, 0.1) is 11.3 Å². The zero-order valence-electron chi connectivity index (χ0n) is 4.75. The van der Waals surface area contributed by atoms with Gasteiger partial charge in [-0.25, -0.2) is 0 Å². The summed E-state index contributed by atoms with van der Waals surface area (Å²) in [7, 11) is 0. The second-order valence-corrected chi connectivity index (χ2v) is 2.12. The molecule has 8 heavy (non-hydrogen) atoms. The van der Waals surface area contributed by atoms with Gasteiger partial charge in [-0.2, -0.15) is 0 Å². The Hall–Kier alpha value is 0.140. The van der Waals surface area contributed by atoms with Gasteiger partial charge < -0.3 is 0 Å². The molecule has 46 valence electrons. The van der Waals surface area contributed by atoms with Crippen LogP contribution in [0.4, 0.5) is 0 Å². The summed E-state index contributed by atoms with van der Waals surface area (Å²) in [5.74, 6) is 5.83. The highest BCUT2D eigenvalue weighted by Gasteiger charge is 1.90. The summed E-state index contributed by atoms with van der Waals surface area (Å²) >= 11 is 10.9. The van der Waals surface area contributed by atoms with Crippen molar-refractivity contribution in [2.24, 2.45) is 0 Å². The van der Waals surface area contributed by atoms with Gasteiger partial charge in [0.25, 0.3) is 0 Å². The van der Waals surface area contributed by atoms with Gasteiger partial charge in [0.15, 0.2) is 0 Å². The van der Waals surface area contributed by atoms with Crippen LogP contribution < -0.4 is 0 Å². The molecule has 0 saturated carbocycles. The van der Waals surface area contributed by atoms with Crippen molar-refractivity contribution < 1.29 is 0 Å². The van der Waals surface area contributed by atoms with E-state index in [-0.39, 0.29) is 5.38 Å². The van der Waals surface area contributed by atoms with Gasteiger partial charge in [-0.05, 0) is 6.42 Å². The highest BCUT2D eigenvalue weighted by atomic mass is 35.5. The van der Waals surface area contributed by atoms with Crippen LogP contribution in [0.5, 0.6) is 0 Å². The fourth-order valence-corrected chi connectivity index (χ4v) is 0.406. The van der Waals surface area contributed by atoms with Crippen LogP contribution in [0, 0.1) is 11.8 Å². The fourth-order valence-electron chi connectivity index (χ4n) is 0.251. The van der Waals surface area contributed by atoms with Crippen molar-refractivity contribution in [2.45, 2.75) is 18.7 Å². The van der Waals surface area contributed by atoms with E-state index < -0.39 is 0 Å². The Labute approximate surface area is 60.2 Å². The van der Waals surface area contributed by atoms with Crippen LogP contribution in [-0.4, -0.2) is 11.3 Å². The third-order valence-corrected chi connectivity index (χ3v) is 1.24. The van der Waals surface area contributed by atoms with E-state index in [4.69, 9.17) is 23.2 Å². The summed E-state index contributed by atoms with van der Waals surface area (Å²) < 4.78 is 0. The molecule has 1 unspecified atom stereocenters. The molecule has 0 aromatic carbocycles. The molecule has 0 nitrogen and oxygen atoms in total. The molecule has 0 aliphatic carbocycles. The van der Waals surface area contributed by atoms with Crippen LogP contribution >= 0.6 is 23.2 Å². The maximum absolute atomic E-state index is 5.61. The molecule has 0 aromatic rings. The second kappa shape index (κ2) is 5.28. The van der Waals surface area contributed by atoms with E-state index >= 15 is 0 Å². The summed E-state index contributed by atoms with van der Waals surface area (Å²) in [5, 5.41) is -0.0197. The van der Waals surface area contributed by atoms with Crippen molar-refractivity contribution in [1.82, 2.24) is 0 Å². The molecule has 0 amide bonds. The monoisotopic (exact) mass is 150 g/mol. The predicted molar refractivity (Wildman–Crippen MR) is 38.4 cm³/mol. The van der Waals surface area contributed by atoms with Crippen LogP contribution in [0.1, 0.15) is 13.3 Å². The largest absolute Gasteiger partial charge is 0.113 e. The van der Waals surface area contributed by atoms with Gasteiger partial charge in [-0.1, -0.05) is 18.8 Å². The van der Waals surface area contributed by atoms with Crippen LogP contribution in [0.25, 0.3) is 0 Å². The number of rotatable bonds is 1. The summed E-state index contributed by atoms with van der Waals surface area (Å²) in [4.78, 5) is 0. The minimum Gasteiger partial charge on any atom is -0.113 e. The molecule has 0 aromatic heterocycles. The summed E-state index contributed by atoms with van der Waals surface area (Å²) in [5.41, 5.74) is 0. The van der Waals surface area contributed by atoms with Gasteiger partial charge in [0.1, 0.15) is 0 Å². The summed E-state index contributed by atoms with van der Waals surface area (Å²) in [6.45, 7) is 1.99. The van der Waals surface area contributed by atoms with Gasteiger partial charge >= 0.3 is 0 Å².